The van der Waals surface area contributed by atoms with Crippen molar-refractivity contribution in [2.75, 3.05) is 0 Å². The Hall–Kier alpha value is -1.04. The maximum Gasteiger partial charge on any atom is -0.0160 e. The first-order valence-electron chi connectivity index (χ1n) is 3.91. The van der Waals surface area contributed by atoms with E-state index in [1.54, 1.807) is 0 Å². The molecule has 0 N–H and O–H groups in total. The first-order valence-corrected chi connectivity index (χ1v) is 3.91. The Labute approximate surface area is 68.6 Å². The molecule has 0 saturated carbocycles. The molecular weight excluding hydrogens is 132 g/mol. The lowest BCUT2D eigenvalue weighted by Gasteiger charge is -1.98. The van der Waals surface area contributed by atoms with Crippen LogP contribution in [0.2, 0.25) is 0 Å². The molecule has 0 unspecified atom stereocenters. The average Bonchev–Trinajstić information content (AvgIpc) is 2.13. The van der Waals surface area contributed by atoms with Crippen molar-refractivity contribution >= 4 is 0 Å². The third kappa shape index (κ3) is 2.23. The molecule has 1 rings (SSSR count). The van der Waals surface area contributed by atoms with E-state index in [-0.39, 0.29) is 0 Å². The Kier molecular flexibility index (Phi) is 2.48. The van der Waals surface area contributed by atoms with E-state index in [0.717, 1.165) is 12.0 Å². The Bertz CT molecular complexity index is 249. The summed E-state index contributed by atoms with van der Waals surface area (Å²) in [5.41, 5.74) is 3.71. The van der Waals surface area contributed by atoms with Crippen LogP contribution in [0.15, 0.2) is 47.6 Å². The molecule has 0 nitrogen and oxygen atoms in total. The van der Waals surface area contributed by atoms with Crippen LogP contribution >= 0.6 is 0 Å². The van der Waals surface area contributed by atoms with Crippen molar-refractivity contribution in [1.29, 1.82) is 0 Å². The van der Waals surface area contributed by atoms with E-state index in [0.29, 0.717) is 0 Å². The second-order valence-electron chi connectivity index (χ2n) is 2.97. The minimum Gasteiger partial charge on any atom is -0.0955 e. The van der Waals surface area contributed by atoms with Crippen molar-refractivity contribution in [3.63, 3.8) is 0 Å². The summed E-state index contributed by atoms with van der Waals surface area (Å²) in [4.78, 5) is 0. The molecule has 0 aromatic carbocycles. The highest BCUT2D eigenvalue weighted by molar-refractivity contribution is 5.43. The second kappa shape index (κ2) is 3.38. The summed E-state index contributed by atoms with van der Waals surface area (Å²) in [6.45, 7) is 8.07. The molecule has 0 aliphatic heterocycles. The van der Waals surface area contributed by atoms with Gasteiger partial charge in [-0.3, -0.25) is 0 Å². The van der Waals surface area contributed by atoms with Crippen LogP contribution in [0, 0.1) is 0 Å². The topological polar surface area (TPSA) is 0 Å². The van der Waals surface area contributed by atoms with Gasteiger partial charge in [0.1, 0.15) is 0 Å². The maximum atomic E-state index is 3.91. The monoisotopic (exact) mass is 146 g/mol. The Balaban J connectivity index is 2.93. The van der Waals surface area contributed by atoms with Crippen molar-refractivity contribution in [2.24, 2.45) is 0 Å². The van der Waals surface area contributed by atoms with Gasteiger partial charge in [-0.1, -0.05) is 42.0 Å². The lowest BCUT2D eigenvalue weighted by Crippen LogP contribution is -1.78. The van der Waals surface area contributed by atoms with Gasteiger partial charge in [0.2, 0.25) is 0 Å². The second-order valence-corrected chi connectivity index (χ2v) is 2.97. The van der Waals surface area contributed by atoms with Gasteiger partial charge >= 0.3 is 0 Å². The molecular formula is C11H14. The van der Waals surface area contributed by atoms with E-state index in [9.17, 15) is 0 Å². The minimum absolute atomic E-state index is 1.04. The Morgan fingerprint density at radius 1 is 1.55 bits per heavy atom. The van der Waals surface area contributed by atoms with E-state index in [1.165, 1.54) is 11.1 Å². The minimum atomic E-state index is 1.04. The van der Waals surface area contributed by atoms with Crippen LogP contribution < -0.4 is 0 Å². The molecule has 11 heavy (non-hydrogen) atoms. The van der Waals surface area contributed by atoms with Crippen molar-refractivity contribution in [3.8, 4) is 0 Å². The Morgan fingerprint density at radius 3 is 2.91 bits per heavy atom. The fourth-order valence-corrected chi connectivity index (χ4v) is 1.07. The SMILES string of the molecule is C=C(C)C1=CC(C)=CCC=C1. The Morgan fingerprint density at radius 2 is 2.27 bits per heavy atom. The van der Waals surface area contributed by atoms with Gasteiger partial charge in [0.05, 0.1) is 0 Å². The summed E-state index contributed by atoms with van der Waals surface area (Å²) in [5.74, 6) is 0. The number of allylic oxidation sites excluding steroid dienone is 7. The zero-order chi connectivity index (χ0) is 8.27. The third-order valence-electron chi connectivity index (χ3n) is 1.75. The zero-order valence-electron chi connectivity index (χ0n) is 7.22. The summed E-state index contributed by atoms with van der Waals surface area (Å²) < 4.78 is 0. The predicted molar refractivity (Wildman–Crippen MR) is 50.4 cm³/mol. The summed E-state index contributed by atoms with van der Waals surface area (Å²) in [7, 11) is 0. The van der Waals surface area contributed by atoms with E-state index >= 15 is 0 Å². The van der Waals surface area contributed by atoms with Gasteiger partial charge in [0.15, 0.2) is 0 Å². The third-order valence-corrected chi connectivity index (χ3v) is 1.75. The molecule has 0 fully saturated rings. The number of hydrogen-bond donors (Lipinski definition) is 0. The van der Waals surface area contributed by atoms with Gasteiger partial charge in [-0.05, 0) is 25.8 Å². The molecule has 0 aromatic rings. The van der Waals surface area contributed by atoms with E-state index in [2.05, 4.69) is 37.8 Å². The standard InChI is InChI=1S/C11H14/c1-9(2)11-7-5-4-6-10(3)8-11/h5-8H,1,4H2,2-3H3. The van der Waals surface area contributed by atoms with Crippen LogP contribution in [0.5, 0.6) is 0 Å². The van der Waals surface area contributed by atoms with Crippen LogP contribution in [0.3, 0.4) is 0 Å². The van der Waals surface area contributed by atoms with Gasteiger partial charge in [0, 0.05) is 0 Å². The van der Waals surface area contributed by atoms with Gasteiger partial charge in [-0.25, -0.2) is 0 Å². The molecule has 0 bridgehead atoms. The van der Waals surface area contributed by atoms with Gasteiger partial charge in [-0.2, -0.15) is 0 Å². The first kappa shape index (κ1) is 8.06. The maximum absolute atomic E-state index is 3.91. The summed E-state index contributed by atoms with van der Waals surface area (Å²) in [6.07, 6.45) is 9.73. The molecule has 0 atom stereocenters. The first-order chi connectivity index (χ1) is 5.20. The quantitative estimate of drug-likeness (QED) is 0.532. The molecule has 0 aromatic heterocycles. The molecule has 0 radical (unpaired) electrons. The highest BCUT2D eigenvalue weighted by atomic mass is 14.0. The van der Waals surface area contributed by atoms with E-state index in [1.807, 2.05) is 6.92 Å². The fourth-order valence-electron chi connectivity index (χ4n) is 1.07. The van der Waals surface area contributed by atoms with Crippen LogP contribution in [-0.4, -0.2) is 0 Å². The molecule has 1 aliphatic rings. The molecule has 0 heterocycles. The highest BCUT2D eigenvalue weighted by Crippen LogP contribution is 2.15. The van der Waals surface area contributed by atoms with Crippen LogP contribution in [-0.2, 0) is 0 Å². The van der Waals surface area contributed by atoms with Crippen LogP contribution in [0.1, 0.15) is 20.3 Å². The summed E-state index contributed by atoms with van der Waals surface area (Å²) in [6, 6.07) is 0. The average molecular weight is 146 g/mol. The fraction of sp³-hybridized carbons (Fsp3) is 0.273. The lowest BCUT2D eigenvalue weighted by molar-refractivity contribution is 1.35. The van der Waals surface area contributed by atoms with Gasteiger partial charge in [0.25, 0.3) is 0 Å². The highest BCUT2D eigenvalue weighted by Gasteiger charge is 1.95. The van der Waals surface area contributed by atoms with Crippen molar-refractivity contribution in [3.05, 3.63) is 47.6 Å². The summed E-state index contributed by atoms with van der Waals surface area (Å²) in [5, 5.41) is 0. The molecule has 0 heteroatoms. The van der Waals surface area contributed by atoms with Gasteiger partial charge in [-0.15, -0.1) is 0 Å². The lowest BCUT2D eigenvalue weighted by atomic mass is 10.1. The zero-order valence-corrected chi connectivity index (χ0v) is 7.22. The molecule has 0 saturated heterocycles. The van der Waals surface area contributed by atoms with Crippen LogP contribution in [0.4, 0.5) is 0 Å². The summed E-state index contributed by atoms with van der Waals surface area (Å²) >= 11 is 0. The molecule has 0 amide bonds. The molecule has 58 valence electrons. The smallest absolute Gasteiger partial charge is 0.0160 e. The van der Waals surface area contributed by atoms with Crippen molar-refractivity contribution < 1.29 is 0 Å². The molecule has 1 aliphatic carbocycles. The number of hydrogen-bond acceptors (Lipinski definition) is 0. The predicted octanol–water partition coefficient (Wildman–Crippen LogP) is 3.40. The normalized spacial score (nSPS) is 16.9. The number of rotatable bonds is 1. The van der Waals surface area contributed by atoms with Crippen LogP contribution in [0.25, 0.3) is 0 Å². The van der Waals surface area contributed by atoms with Gasteiger partial charge < -0.3 is 0 Å². The molecule has 0 spiro atoms. The van der Waals surface area contributed by atoms with E-state index in [4.69, 9.17) is 0 Å². The van der Waals surface area contributed by atoms with Crippen molar-refractivity contribution in [1.82, 2.24) is 0 Å². The van der Waals surface area contributed by atoms with E-state index < -0.39 is 0 Å². The largest absolute Gasteiger partial charge is 0.0955 e. The van der Waals surface area contributed by atoms with Crippen molar-refractivity contribution in [2.45, 2.75) is 20.3 Å².